The van der Waals surface area contributed by atoms with E-state index in [1.807, 2.05) is 19.3 Å². The first-order valence-corrected chi connectivity index (χ1v) is 11.1. The SMILES string of the molecule is CC(OC1CCC2NNC(/C=C/c3cnn(CCO)c3)C2C1)c1c(Cl)cncc1Cl. The van der Waals surface area contributed by atoms with E-state index >= 15 is 0 Å². The topological polar surface area (TPSA) is 84.2 Å². The van der Waals surface area contributed by atoms with Gasteiger partial charge in [0.25, 0.3) is 0 Å². The summed E-state index contributed by atoms with van der Waals surface area (Å²) in [5.41, 5.74) is 8.67. The fourth-order valence-corrected chi connectivity index (χ4v) is 5.11. The molecule has 5 unspecified atom stereocenters. The van der Waals surface area contributed by atoms with Crippen LogP contribution in [0.15, 0.2) is 30.9 Å². The summed E-state index contributed by atoms with van der Waals surface area (Å²) in [6.07, 6.45) is 14.2. The Hall–Kier alpha value is -1.48. The van der Waals surface area contributed by atoms with Crippen molar-refractivity contribution in [1.82, 2.24) is 25.6 Å². The number of hydrogen-bond acceptors (Lipinski definition) is 6. The highest BCUT2D eigenvalue weighted by Crippen LogP contribution is 2.37. The summed E-state index contributed by atoms with van der Waals surface area (Å²) in [5, 5.41) is 14.3. The molecular formula is C21H27Cl2N5O2. The zero-order valence-electron chi connectivity index (χ0n) is 16.8. The van der Waals surface area contributed by atoms with Crippen molar-refractivity contribution in [2.24, 2.45) is 5.92 Å². The lowest BCUT2D eigenvalue weighted by molar-refractivity contribution is -0.0358. The lowest BCUT2D eigenvalue weighted by Gasteiger charge is -2.34. The van der Waals surface area contributed by atoms with Gasteiger partial charge in [-0.1, -0.05) is 35.4 Å². The Bertz CT molecular complexity index is 870. The highest BCUT2D eigenvalue weighted by Gasteiger charge is 2.40. The third kappa shape index (κ3) is 4.88. The highest BCUT2D eigenvalue weighted by molar-refractivity contribution is 6.35. The largest absolute Gasteiger partial charge is 0.394 e. The van der Waals surface area contributed by atoms with Crippen LogP contribution < -0.4 is 10.9 Å². The molecule has 0 radical (unpaired) electrons. The van der Waals surface area contributed by atoms with Crippen LogP contribution in [-0.4, -0.2) is 44.7 Å². The van der Waals surface area contributed by atoms with Gasteiger partial charge in [-0.3, -0.25) is 20.5 Å². The van der Waals surface area contributed by atoms with Crippen LogP contribution in [0.5, 0.6) is 0 Å². The zero-order valence-corrected chi connectivity index (χ0v) is 18.4. The Morgan fingerprint density at radius 3 is 2.83 bits per heavy atom. The summed E-state index contributed by atoms with van der Waals surface area (Å²) < 4.78 is 8.12. The number of fused-ring (bicyclic) bond motifs is 1. The number of halogens is 2. The molecule has 162 valence electrons. The highest BCUT2D eigenvalue weighted by atomic mass is 35.5. The van der Waals surface area contributed by atoms with E-state index in [-0.39, 0.29) is 24.9 Å². The van der Waals surface area contributed by atoms with Gasteiger partial charge in [0.2, 0.25) is 0 Å². The molecule has 0 spiro atoms. The van der Waals surface area contributed by atoms with Gasteiger partial charge in [-0.2, -0.15) is 5.10 Å². The van der Waals surface area contributed by atoms with E-state index in [2.05, 4.69) is 33.1 Å². The summed E-state index contributed by atoms with van der Waals surface area (Å²) in [7, 11) is 0. The van der Waals surface area contributed by atoms with Crippen LogP contribution in [0.1, 0.15) is 43.4 Å². The molecular weight excluding hydrogens is 425 g/mol. The second kappa shape index (κ2) is 9.77. The minimum atomic E-state index is -0.191. The zero-order chi connectivity index (χ0) is 21.1. The fourth-order valence-electron chi connectivity index (χ4n) is 4.44. The van der Waals surface area contributed by atoms with Gasteiger partial charge in [0.05, 0.1) is 41.6 Å². The molecule has 1 aliphatic heterocycles. The van der Waals surface area contributed by atoms with Crippen LogP contribution in [-0.2, 0) is 11.3 Å². The van der Waals surface area contributed by atoms with Gasteiger partial charge >= 0.3 is 0 Å². The minimum Gasteiger partial charge on any atom is -0.394 e. The first-order valence-electron chi connectivity index (χ1n) is 10.3. The number of ether oxygens (including phenoxy) is 1. The molecule has 3 N–H and O–H groups in total. The van der Waals surface area contributed by atoms with E-state index < -0.39 is 0 Å². The normalized spacial score (nSPS) is 27.5. The van der Waals surface area contributed by atoms with Crippen molar-refractivity contribution in [3.63, 3.8) is 0 Å². The summed E-state index contributed by atoms with van der Waals surface area (Å²) in [6.45, 7) is 2.58. The fraction of sp³-hybridized carbons (Fsp3) is 0.524. The van der Waals surface area contributed by atoms with Gasteiger partial charge in [-0.05, 0) is 32.1 Å². The van der Waals surface area contributed by atoms with Crippen molar-refractivity contribution in [3.05, 3.63) is 52.0 Å². The number of nitrogens with one attached hydrogen (secondary N) is 2. The van der Waals surface area contributed by atoms with Crippen LogP contribution in [0.3, 0.4) is 0 Å². The Labute approximate surface area is 186 Å². The number of aliphatic hydroxyl groups excluding tert-OH is 1. The molecule has 0 aromatic carbocycles. The molecule has 3 heterocycles. The van der Waals surface area contributed by atoms with Crippen molar-refractivity contribution in [2.75, 3.05) is 6.61 Å². The molecule has 2 aromatic heterocycles. The summed E-state index contributed by atoms with van der Waals surface area (Å²) in [6, 6.07) is 0.644. The summed E-state index contributed by atoms with van der Waals surface area (Å²) >= 11 is 12.6. The number of rotatable bonds is 7. The predicted molar refractivity (Wildman–Crippen MR) is 117 cm³/mol. The molecule has 0 bridgehead atoms. The van der Waals surface area contributed by atoms with Crippen LogP contribution in [0.4, 0.5) is 0 Å². The summed E-state index contributed by atoms with van der Waals surface area (Å²) in [4.78, 5) is 4.02. The van der Waals surface area contributed by atoms with E-state index in [0.717, 1.165) is 30.4 Å². The standard InChI is InChI=1S/C21H27Cl2N5O2/c1-13(21-17(22)10-24-11-18(21)23)30-15-3-5-20-16(8-15)19(26-27-20)4-2-14-9-25-28(12-14)6-7-29/h2,4,9-13,15-16,19-20,26-27,29H,3,5-8H2,1H3/b4-2+. The van der Waals surface area contributed by atoms with Crippen molar-refractivity contribution < 1.29 is 9.84 Å². The molecule has 1 saturated heterocycles. The third-order valence-corrected chi connectivity index (χ3v) is 6.52. The lowest BCUT2D eigenvalue weighted by Crippen LogP contribution is -2.38. The molecule has 1 saturated carbocycles. The first kappa shape index (κ1) is 21.7. The number of aliphatic hydroxyl groups is 1. The number of nitrogens with zero attached hydrogens (tertiary/aromatic N) is 3. The quantitative estimate of drug-likeness (QED) is 0.598. The van der Waals surface area contributed by atoms with Crippen molar-refractivity contribution in [3.8, 4) is 0 Å². The first-order chi connectivity index (χ1) is 14.5. The van der Waals surface area contributed by atoms with E-state index in [9.17, 15) is 0 Å². The van der Waals surface area contributed by atoms with Gasteiger partial charge < -0.3 is 9.84 Å². The molecule has 7 nitrogen and oxygen atoms in total. The second-order valence-electron chi connectivity index (χ2n) is 7.93. The van der Waals surface area contributed by atoms with Gasteiger partial charge in [0.1, 0.15) is 0 Å². The molecule has 2 aromatic rings. The number of pyridine rings is 1. The van der Waals surface area contributed by atoms with E-state index in [1.165, 1.54) is 0 Å². The maximum atomic E-state index is 9.02. The molecule has 30 heavy (non-hydrogen) atoms. The maximum absolute atomic E-state index is 9.02. The number of hydrogen-bond donors (Lipinski definition) is 3. The van der Waals surface area contributed by atoms with Crippen LogP contribution in [0.25, 0.3) is 6.08 Å². The number of hydrazine groups is 1. The van der Waals surface area contributed by atoms with E-state index in [0.29, 0.717) is 28.5 Å². The Balaban J connectivity index is 1.38. The Morgan fingerprint density at radius 1 is 1.27 bits per heavy atom. The average Bonchev–Trinajstić information content (AvgIpc) is 3.33. The van der Waals surface area contributed by atoms with Crippen molar-refractivity contribution >= 4 is 29.3 Å². The van der Waals surface area contributed by atoms with E-state index in [4.69, 9.17) is 33.0 Å². The van der Waals surface area contributed by atoms with Gasteiger partial charge in [-0.25, -0.2) is 0 Å². The van der Waals surface area contributed by atoms with Gasteiger partial charge in [0.15, 0.2) is 0 Å². The van der Waals surface area contributed by atoms with Crippen LogP contribution >= 0.6 is 23.2 Å². The molecule has 5 atom stereocenters. The van der Waals surface area contributed by atoms with Crippen LogP contribution in [0, 0.1) is 5.92 Å². The van der Waals surface area contributed by atoms with E-state index in [1.54, 1.807) is 17.1 Å². The minimum absolute atomic E-state index is 0.0818. The summed E-state index contributed by atoms with van der Waals surface area (Å²) in [5.74, 6) is 0.433. The maximum Gasteiger partial charge on any atom is 0.0830 e. The van der Waals surface area contributed by atoms with Crippen molar-refractivity contribution in [2.45, 2.75) is 57.0 Å². The molecule has 9 heteroatoms. The van der Waals surface area contributed by atoms with Crippen LogP contribution in [0.2, 0.25) is 10.0 Å². The Kier molecular flexibility index (Phi) is 7.08. The molecule has 2 fully saturated rings. The van der Waals surface area contributed by atoms with Gasteiger partial charge in [-0.15, -0.1) is 0 Å². The van der Waals surface area contributed by atoms with Gasteiger partial charge in [0, 0.05) is 41.8 Å². The molecule has 0 amide bonds. The second-order valence-corrected chi connectivity index (χ2v) is 8.75. The third-order valence-electron chi connectivity index (χ3n) is 5.92. The molecule has 2 aliphatic rings. The monoisotopic (exact) mass is 451 g/mol. The average molecular weight is 452 g/mol. The predicted octanol–water partition coefficient (Wildman–Crippen LogP) is 3.38. The number of aromatic nitrogens is 3. The lowest BCUT2D eigenvalue weighted by atomic mass is 9.80. The molecule has 4 rings (SSSR count). The van der Waals surface area contributed by atoms with Crippen molar-refractivity contribution in [1.29, 1.82) is 0 Å². The Morgan fingerprint density at radius 2 is 2.07 bits per heavy atom. The molecule has 1 aliphatic carbocycles. The smallest absolute Gasteiger partial charge is 0.0830 e.